The van der Waals surface area contributed by atoms with Gasteiger partial charge < -0.3 is 14.8 Å². The molecular formula is C21H21NO2. The van der Waals surface area contributed by atoms with Crippen molar-refractivity contribution in [2.75, 3.05) is 11.9 Å². The van der Waals surface area contributed by atoms with Crippen LogP contribution >= 0.6 is 0 Å². The molecule has 2 atom stereocenters. The molecule has 2 aromatic rings. The number of aryl methyl sites for hydroxylation is 1. The first kappa shape index (κ1) is 14.0. The normalized spacial score (nSPS) is 26.9. The van der Waals surface area contributed by atoms with Crippen LogP contribution in [0.4, 0.5) is 5.69 Å². The largest absolute Gasteiger partial charge is 0.493 e. The van der Waals surface area contributed by atoms with E-state index >= 15 is 0 Å². The first-order chi connectivity index (χ1) is 11.7. The van der Waals surface area contributed by atoms with Gasteiger partial charge in [-0.3, -0.25) is 0 Å². The highest BCUT2D eigenvalue weighted by atomic mass is 16.5. The van der Waals surface area contributed by atoms with Crippen molar-refractivity contribution in [2.24, 2.45) is 0 Å². The third-order valence-electron chi connectivity index (χ3n) is 5.26. The van der Waals surface area contributed by atoms with E-state index in [1.165, 1.54) is 16.8 Å². The van der Waals surface area contributed by atoms with E-state index in [0.29, 0.717) is 0 Å². The Kier molecular flexibility index (Phi) is 2.93. The van der Waals surface area contributed by atoms with E-state index in [0.717, 1.165) is 42.9 Å². The zero-order valence-corrected chi connectivity index (χ0v) is 13.8. The van der Waals surface area contributed by atoms with Crippen molar-refractivity contribution in [1.82, 2.24) is 0 Å². The Labute approximate surface area is 142 Å². The second-order valence-electron chi connectivity index (χ2n) is 7.22. The van der Waals surface area contributed by atoms with Crippen LogP contribution < -0.4 is 10.1 Å². The Morgan fingerprint density at radius 3 is 3.04 bits per heavy atom. The van der Waals surface area contributed by atoms with Crippen LogP contribution in [0.1, 0.15) is 42.6 Å². The summed E-state index contributed by atoms with van der Waals surface area (Å²) in [6, 6.07) is 14.9. The van der Waals surface area contributed by atoms with Crippen LogP contribution in [0.3, 0.4) is 0 Å². The molecule has 0 spiro atoms. The molecule has 2 unspecified atom stereocenters. The number of para-hydroxylation sites is 1. The molecule has 122 valence electrons. The standard InChI is InChI=1S/C21H21NO2/c1-21-12-19(15-9-8-14-5-4-10-23-18(14)11-15)24-20(13-21)16-6-2-3-7-17(16)22-21/h2-3,6-9,11-12,20,22H,4-5,10,13H2,1H3. The van der Waals surface area contributed by atoms with Crippen molar-refractivity contribution in [2.45, 2.75) is 37.8 Å². The summed E-state index contributed by atoms with van der Waals surface area (Å²) >= 11 is 0. The molecule has 2 aromatic carbocycles. The zero-order chi connectivity index (χ0) is 16.1. The fraction of sp³-hybridized carbons (Fsp3) is 0.333. The smallest absolute Gasteiger partial charge is 0.128 e. The van der Waals surface area contributed by atoms with Gasteiger partial charge in [0, 0.05) is 23.2 Å². The molecule has 0 amide bonds. The fourth-order valence-corrected chi connectivity index (χ4v) is 4.07. The number of anilines is 1. The fourth-order valence-electron chi connectivity index (χ4n) is 4.07. The Balaban J connectivity index is 1.55. The summed E-state index contributed by atoms with van der Waals surface area (Å²) in [5.41, 5.74) is 4.75. The lowest BCUT2D eigenvalue weighted by molar-refractivity contribution is 0.122. The van der Waals surface area contributed by atoms with Gasteiger partial charge in [-0.15, -0.1) is 0 Å². The predicted octanol–water partition coefficient (Wildman–Crippen LogP) is 4.70. The SMILES string of the molecule is CC12C=C(c3ccc4c(c3)OCCC4)OC(C1)c1ccccc1N2. The lowest BCUT2D eigenvalue weighted by atomic mass is 9.82. The van der Waals surface area contributed by atoms with Crippen LogP contribution in [-0.2, 0) is 11.2 Å². The molecule has 2 bridgehead atoms. The van der Waals surface area contributed by atoms with Crippen LogP contribution in [0.2, 0.25) is 0 Å². The van der Waals surface area contributed by atoms with Gasteiger partial charge >= 0.3 is 0 Å². The maximum atomic E-state index is 6.39. The van der Waals surface area contributed by atoms with Crippen molar-refractivity contribution in [3.63, 3.8) is 0 Å². The summed E-state index contributed by atoms with van der Waals surface area (Å²) in [5, 5.41) is 3.68. The van der Waals surface area contributed by atoms with E-state index in [1.807, 2.05) is 0 Å². The number of fused-ring (bicyclic) bond motifs is 5. The third-order valence-corrected chi connectivity index (χ3v) is 5.26. The highest BCUT2D eigenvalue weighted by molar-refractivity contribution is 5.69. The minimum absolute atomic E-state index is 0.0800. The summed E-state index contributed by atoms with van der Waals surface area (Å²) in [6.07, 6.45) is 5.49. The minimum Gasteiger partial charge on any atom is -0.493 e. The first-order valence-corrected chi connectivity index (χ1v) is 8.73. The number of ether oxygens (including phenoxy) is 2. The Morgan fingerprint density at radius 1 is 1.17 bits per heavy atom. The van der Waals surface area contributed by atoms with Crippen molar-refractivity contribution in [3.8, 4) is 5.75 Å². The average molecular weight is 319 g/mol. The lowest BCUT2D eigenvalue weighted by Gasteiger charge is -2.43. The highest BCUT2D eigenvalue weighted by Crippen LogP contribution is 2.47. The molecule has 3 aliphatic rings. The summed E-state index contributed by atoms with van der Waals surface area (Å²) in [4.78, 5) is 0. The van der Waals surface area contributed by atoms with Gasteiger partial charge in [0.15, 0.2) is 0 Å². The maximum absolute atomic E-state index is 6.39. The minimum atomic E-state index is -0.0800. The van der Waals surface area contributed by atoms with Crippen LogP contribution in [0.15, 0.2) is 48.5 Å². The molecular weight excluding hydrogens is 298 g/mol. The molecule has 24 heavy (non-hydrogen) atoms. The van der Waals surface area contributed by atoms with Crippen molar-refractivity contribution >= 4 is 11.4 Å². The van der Waals surface area contributed by atoms with E-state index in [9.17, 15) is 0 Å². The van der Waals surface area contributed by atoms with Gasteiger partial charge in [-0.05, 0) is 43.5 Å². The van der Waals surface area contributed by atoms with Gasteiger partial charge in [0.05, 0.1) is 12.1 Å². The topological polar surface area (TPSA) is 30.5 Å². The van der Waals surface area contributed by atoms with E-state index in [-0.39, 0.29) is 11.6 Å². The number of rotatable bonds is 1. The van der Waals surface area contributed by atoms with Crippen LogP contribution in [-0.4, -0.2) is 12.1 Å². The van der Waals surface area contributed by atoms with Gasteiger partial charge in [0.2, 0.25) is 0 Å². The molecule has 0 saturated heterocycles. The summed E-state index contributed by atoms with van der Waals surface area (Å²) in [6.45, 7) is 3.05. The average Bonchev–Trinajstić information content (AvgIpc) is 2.60. The van der Waals surface area contributed by atoms with E-state index in [4.69, 9.17) is 9.47 Å². The van der Waals surface area contributed by atoms with Crippen molar-refractivity contribution in [1.29, 1.82) is 0 Å². The Morgan fingerprint density at radius 2 is 2.08 bits per heavy atom. The highest BCUT2D eigenvalue weighted by Gasteiger charge is 2.39. The number of nitrogens with one attached hydrogen (secondary N) is 1. The molecule has 5 rings (SSSR count). The number of hydrogen-bond donors (Lipinski definition) is 1. The second-order valence-corrected chi connectivity index (χ2v) is 7.22. The molecule has 0 fully saturated rings. The quantitative estimate of drug-likeness (QED) is 0.826. The van der Waals surface area contributed by atoms with Crippen LogP contribution in [0.25, 0.3) is 5.76 Å². The van der Waals surface area contributed by atoms with Crippen molar-refractivity contribution in [3.05, 3.63) is 65.2 Å². The molecule has 3 nitrogen and oxygen atoms in total. The molecule has 3 heteroatoms. The van der Waals surface area contributed by atoms with Crippen LogP contribution in [0.5, 0.6) is 5.75 Å². The molecule has 0 aromatic heterocycles. The van der Waals surface area contributed by atoms with Gasteiger partial charge in [0.25, 0.3) is 0 Å². The molecule has 0 aliphatic carbocycles. The monoisotopic (exact) mass is 319 g/mol. The molecule has 3 heterocycles. The number of hydrogen-bond acceptors (Lipinski definition) is 3. The first-order valence-electron chi connectivity index (χ1n) is 8.73. The van der Waals surface area contributed by atoms with Crippen molar-refractivity contribution < 1.29 is 9.47 Å². The van der Waals surface area contributed by atoms with E-state index in [1.54, 1.807) is 0 Å². The van der Waals surface area contributed by atoms with Gasteiger partial charge in [-0.2, -0.15) is 0 Å². The van der Waals surface area contributed by atoms with E-state index < -0.39 is 0 Å². The number of benzene rings is 2. The zero-order valence-electron chi connectivity index (χ0n) is 13.8. The molecule has 0 saturated carbocycles. The molecule has 1 N–H and O–H groups in total. The third kappa shape index (κ3) is 2.19. The van der Waals surface area contributed by atoms with Crippen LogP contribution in [0, 0.1) is 0 Å². The maximum Gasteiger partial charge on any atom is 0.128 e. The Bertz CT molecular complexity index is 841. The van der Waals surface area contributed by atoms with Gasteiger partial charge in [0.1, 0.15) is 17.6 Å². The van der Waals surface area contributed by atoms with E-state index in [2.05, 4.69) is 60.8 Å². The summed E-state index contributed by atoms with van der Waals surface area (Å²) in [7, 11) is 0. The Hall–Kier alpha value is -2.42. The lowest BCUT2D eigenvalue weighted by Crippen LogP contribution is -2.41. The van der Waals surface area contributed by atoms with Gasteiger partial charge in [-0.25, -0.2) is 0 Å². The van der Waals surface area contributed by atoms with Gasteiger partial charge in [-0.1, -0.05) is 30.3 Å². The second kappa shape index (κ2) is 5.04. The summed E-state index contributed by atoms with van der Waals surface area (Å²) < 4.78 is 12.2. The molecule has 0 radical (unpaired) electrons. The predicted molar refractivity (Wildman–Crippen MR) is 95.1 cm³/mol. The summed E-state index contributed by atoms with van der Waals surface area (Å²) in [5.74, 6) is 1.96. The molecule has 3 aliphatic heterocycles.